The Morgan fingerprint density at radius 1 is 1.37 bits per heavy atom. The van der Waals surface area contributed by atoms with Crippen LogP contribution in [0, 0.1) is 0 Å². The molecule has 1 saturated heterocycles. The van der Waals surface area contributed by atoms with Crippen LogP contribution in [0.5, 0.6) is 0 Å². The van der Waals surface area contributed by atoms with Crippen LogP contribution in [0.3, 0.4) is 0 Å². The van der Waals surface area contributed by atoms with Crippen molar-refractivity contribution in [3.05, 3.63) is 33.8 Å². The van der Waals surface area contributed by atoms with Crippen molar-refractivity contribution in [3.63, 3.8) is 0 Å². The van der Waals surface area contributed by atoms with Crippen molar-refractivity contribution in [1.82, 2.24) is 5.32 Å². The molecule has 2 rings (SSSR count). The zero-order chi connectivity index (χ0) is 13.8. The van der Waals surface area contributed by atoms with Crippen LogP contribution in [0.4, 0.5) is 0 Å². The Bertz CT molecular complexity index is 430. The lowest BCUT2D eigenvalue weighted by Crippen LogP contribution is -2.38. The fraction of sp³-hybridized carbons (Fsp3) is 0.538. The molecule has 3 N–H and O–H groups in total. The first-order valence-corrected chi connectivity index (χ1v) is 6.95. The molecule has 1 aromatic rings. The summed E-state index contributed by atoms with van der Waals surface area (Å²) in [6, 6.07) is 5.38. The number of halogens is 2. The molecule has 106 valence electrons. The Kier molecular flexibility index (Phi) is 5.45. The third-order valence-corrected chi connectivity index (χ3v) is 4.03. The first-order valence-electron chi connectivity index (χ1n) is 6.19. The van der Waals surface area contributed by atoms with Crippen LogP contribution < -0.4 is 5.32 Å². The summed E-state index contributed by atoms with van der Waals surface area (Å²) in [6.07, 6.45) is -1.38. The number of hydrogen-bond donors (Lipinski definition) is 3. The summed E-state index contributed by atoms with van der Waals surface area (Å²) in [6.45, 7) is 1.54. The standard InChI is InChI=1S/C13H17Cl2NO3/c14-10-2-1-8(5-11(10)15)9-6-16-3-4-19-13(9)12(18)7-17/h1-2,5,9,12-13,16-18H,3-4,6-7H2/t9?,12-,13-/m1/s1. The van der Waals surface area contributed by atoms with Crippen LogP contribution in [0.25, 0.3) is 0 Å². The highest BCUT2D eigenvalue weighted by molar-refractivity contribution is 6.42. The van der Waals surface area contributed by atoms with E-state index in [1.807, 2.05) is 6.07 Å². The van der Waals surface area contributed by atoms with Gasteiger partial charge in [0.15, 0.2) is 0 Å². The van der Waals surface area contributed by atoms with Crippen LogP contribution in [-0.2, 0) is 4.74 Å². The number of ether oxygens (including phenoxy) is 1. The predicted octanol–water partition coefficient (Wildman–Crippen LogP) is 1.42. The molecule has 1 fully saturated rings. The summed E-state index contributed by atoms with van der Waals surface area (Å²) in [5.74, 6) is -0.0839. The Morgan fingerprint density at radius 2 is 2.16 bits per heavy atom. The Balaban J connectivity index is 2.28. The summed E-state index contributed by atoms with van der Waals surface area (Å²) < 4.78 is 5.64. The first kappa shape index (κ1) is 15.0. The van der Waals surface area contributed by atoms with Gasteiger partial charge in [-0.15, -0.1) is 0 Å². The average Bonchev–Trinajstić information content (AvgIpc) is 2.66. The van der Waals surface area contributed by atoms with E-state index in [1.165, 1.54) is 0 Å². The molecule has 1 aliphatic heterocycles. The van der Waals surface area contributed by atoms with Gasteiger partial charge < -0.3 is 20.3 Å². The van der Waals surface area contributed by atoms with Gasteiger partial charge >= 0.3 is 0 Å². The molecule has 6 heteroatoms. The van der Waals surface area contributed by atoms with Gasteiger partial charge in [0.1, 0.15) is 6.10 Å². The minimum Gasteiger partial charge on any atom is -0.394 e. The molecule has 19 heavy (non-hydrogen) atoms. The number of benzene rings is 1. The number of hydrogen-bond acceptors (Lipinski definition) is 4. The third kappa shape index (κ3) is 3.60. The highest BCUT2D eigenvalue weighted by Gasteiger charge is 2.31. The molecule has 0 bridgehead atoms. The van der Waals surface area contributed by atoms with Crippen LogP contribution in [-0.4, -0.2) is 48.7 Å². The summed E-state index contributed by atoms with van der Waals surface area (Å²) in [5, 5.41) is 23.3. The van der Waals surface area contributed by atoms with E-state index in [0.29, 0.717) is 29.7 Å². The van der Waals surface area contributed by atoms with Crippen molar-refractivity contribution < 1.29 is 14.9 Å². The fourth-order valence-electron chi connectivity index (χ4n) is 2.29. The van der Waals surface area contributed by atoms with E-state index in [4.69, 9.17) is 33.0 Å². The van der Waals surface area contributed by atoms with Gasteiger partial charge in [-0.05, 0) is 17.7 Å². The minimum atomic E-state index is -0.917. The lowest BCUT2D eigenvalue weighted by molar-refractivity contribution is -0.0609. The number of rotatable bonds is 3. The Morgan fingerprint density at radius 3 is 2.84 bits per heavy atom. The maximum absolute atomic E-state index is 9.90. The van der Waals surface area contributed by atoms with Crippen LogP contribution >= 0.6 is 23.2 Å². The van der Waals surface area contributed by atoms with Gasteiger partial charge in [-0.3, -0.25) is 0 Å². The van der Waals surface area contributed by atoms with Crippen molar-refractivity contribution in [2.45, 2.75) is 18.1 Å². The van der Waals surface area contributed by atoms with Gasteiger partial charge in [-0.1, -0.05) is 29.3 Å². The molecule has 1 heterocycles. The second-order valence-corrected chi connectivity index (χ2v) is 5.38. The topological polar surface area (TPSA) is 61.7 Å². The summed E-state index contributed by atoms with van der Waals surface area (Å²) in [4.78, 5) is 0. The molecular weight excluding hydrogens is 289 g/mol. The molecular formula is C13H17Cl2NO3. The smallest absolute Gasteiger partial charge is 0.104 e. The largest absolute Gasteiger partial charge is 0.394 e. The van der Waals surface area contributed by atoms with Gasteiger partial charge in [0.2, 0.25) is 0 Å². The van der Waals surface area contributed by atoms with Gasteiger partial charge in [-0.2, -0.15) is 0 Å². The van der Waals surface area contributed by atoms with Crippen molar-refractivity contribution in [3.8, 4) is 0 Å². The Labute approximate surface area is 122 Å². The van der Waals surface area contributed by atoms with Gasteiger partial charge in [0, 0.05) is 19.0 Å². The molecule has 0 aliphatic carbocycles. The molecule has 0 spiro atoms. The van der Waals surface area contributed by atoms with Crippen molar-refractivity contribution in [1.29, 1.82) is 0 Å². The van der Waals surface area contributed by atoms with E-state index >= 15 is 0 Å². The molecule has 0 aromatic heterocycles. The fourth-order valence-corrected chi connectivity index (χ4v) is 2.60. The van der Waals surface area contributed by atoms with E-state index in [2.05, 4.69) is 5.32 Å². The van der Waals surface area contributed by atoms with Crippen LogP contribution in [0.2, 0.25) is 10.0 Å². The molecule has 4 nitrogen and oxygen atoms in total. The van der Waals surface area contributed by atoms with Crippen molar-refractivity contribution in [2.24, 2.45) is 0 Å². The lowest BCUT2D eigenvalue weighted by Gasteiger charge is -2.28. The molecule has 1 aromatic carbocycles. The third-order valence-electron chi connectivity index (χ3n) is 3.29. The molecule has 1 unspecified atom stereocenters. The predicted molar refractivity (Wildman–Crippen MR) is 74.9 cm³/mol. The zero-order valence-corrected chi connectivity index (χ0v) is 11.9. The summed E-state index contributed by atoms with van der Waals surface area (Å²) >= 11 is 11.9. The van der Waals surface area contributed by atoms with E-state index < -0.39 is 12.2 Å². The second kappa shape index (κ2) is 6.88. The SMILES string of the molecule is OC[C@@H](O)[C@@H]1OCCNCC1c1ccc(Cl)c(Cl)c1. The highest BCUT2D eigenvalue weighted by Crippen LogP contribution is 2.30. The van der Waals surface area contributed by atoms with Gasteiger partial charge in [0.05, 0.1) is 29.4 Å². The van der Waals surface area contributed by atoms with Crippen LogP contribution in [0.15, 0.2) is 18.2 Å². The lowest BCUT2D eigenvalue weighted by atomic mass is 9.90. The monoisotopic (exact) mass is 305 g/mol. The summed E-state index contributed by atoms with van der Waals surface area (Å²) in [5.41, 5.74) is 0.932. The van der Waals surface area contributed by atoms with Crippen molar-refractivity contribution >= 4 is 23.2 Å². The normalized spacial score (nSPS) is 25.9. The van der Waals surface area contributed by atoms with E-state index in [9.17, 15) is 5.11 Å². The Hall–Kier alpha value is -0.360. The molecule has 3 atom stereocenters. The highest BCUT2D eigenvalue weighted by atomic mass is 35.5. The van der Waals surface area contributed by atoms with Crippen LogP contribution in [0.1, 0.15) is 11.5 Å². The maximum Gasteiger partial charge on any atom is 0.104 e. The number of aliphatic hydroxyl groups is 2. The zero-order valence-electron chi connectivity index (χ0n) is 10.4. The first-order chi connectivity index (χ1) is 9.13. The number of aliphatic hydroxyl groups excluding tert-OH is 2. The molecule has 0 amide bonds. The van der Waals surface area contributed by atoms with E-state index in [1.54, 1.807) is 12.1 Å². The van der Waals surface area contributed by atoms with Crippen molar-refractivity contribution in [2.75, 3.05) is 26.3 Å². The maximum atomic E-state index is 9.90. The minimum absolute atomic E-state index is 0.0839. The van der Waals surface area contributed by atoms with E-state index in [0.717, 1.165) is 5.56 Å². The molecule has 0 radical (unpaired) electrons. The average molecular weight is 306 g/mol. The van der Waals surface area contributed by atoms with E-state index in [-0.39, 0.29) is 12.5 Å². The summed E-state index contributed by atoms with van der Waals surface area (Å²) in [7, 11) is 0. The number of nitrogens with one attached hydrogen (secondary N) is 1. The molecule has 1 aliphatic rings. The second-order valence-electron chi connectivity index (χ2n) is 4.57. The molecule has 0 saturated carbocycles. The quantitative estimate of drug-likeness (QED) is 0.790. The van der Waals surface area contributed by atoms with Gasteiger partial charge in [-0.25, -0.2) is 0 Å². The van der Waals surface area contributed by atoms with Gasteiger partial charge in [0.25, 0.3) is 0 Å².